The zero-order chi connectivity index (χ0) is 19.8. The van der Waals surface area contributed by atoms with Gasteiger partial charge in [-0.1, -0.05) is 60.3 Å². The van der Waals surface area contributed by atoms with Gasteiger partial charge in [0.2, 0.25) is 5.91 Å². The van der Waals surface area contributed by atoms with Gasteiger partial charge in [-0.15, -0.1) is 0 Å². The van der Waals surface area contributed by atoms with E-state index >= 15 is 0 Å². The molecule has 1 aromatic heterocycles. The van der Waals surface area contributed by atoms with Crippen molar-refractivity contribution < 1.29 is 9.21 Å². The lowest BCUT2D eigenvalue weighted by atomic mass is 10.0. The summed E-state index contributed by atoms with van der Waals surface area (Å²) >= 11 is 1.36. The Morgan fingerprint density at radius 3 is 2.17 bits per heavy atom. The van der Waals surface area contributed by atoms with E-state index in [1.54, 1.807) is 0 Å². The fourth-order valence-electron chi connectivity index (χ4n) is 3.80. The molecule has 4 nitrogen and oxygen atoms in total. The van der Waals surface area contributed by atoms with Crippen LogP contribution in [0.4, 0.5) is 11.4 Å². The number of aromatic nitrogens is 1. The zero-order valence-corrected chi connectivity index (χ0v) is 16.9. The van der Waals surface area contributed by atoms with Gasteiger partial charge in [0, 0.05) is 0 Å². The maximum Gasteiger partial charge on any atom is 0.257 e. The fraction of sp³-hybridized carbons (Fsp3) is 0.167. The summed E-state index contributed by atoms with van der Waals surface area (Å²) < 4.78 is 5.82. The van der Waals surface area contributed by atoms with Crippen LogP contribution in [0.2, 0.25) is 0 Å². The minimum atomic E-state index is -0.345. The number of carbonyl (C=O) groups excluding carboxylic acids is 1. The van der Waals surface area contributed by atoms with Gasteiger partial charge >= 0.3 is 0 Å². The third-order valence-corrected chi connectivity index (χ3v) is 6.18. The van der Waals surface area contributed by atoms with E-state index in [9.17, 15) is 4.79 Å². The van der Waals surface area contributed by atoms with Crippen molar-refractivity contribution in [3.05, 3.63) is 83.9 Å². The first kappa shape index (κ1) is 18.0. The number of anilines is 2. The van der Waals surface area contributed by atoms with Crippen molar-refractivity contribution in [1.29, 1.82) is 0 Å². The highest BCUT2D eigenvalue weighted by Gasteiger charge is 2.30. The van der Waals surface area contributed by atoms with Crippen molar-refractivity contribution in [3.63, 3.8) is 0 Å². The first-order chi connectivity index (χ1) is 14.2. The van der Waals surface area contributed by atoms with Gasteiger partial charge in [0.25, 0.3) is 5.22 Å². The maximum absolute atomic E-state index is 13.6. The van der Waals surface area contributed by atoms with E-state index in [1.165, 1.54) is 22.9 Å². The number of benzene rings is 3. The normalized spacial score (nSPS) is 14.2. The molecule has 0 aliphatic carbocycles. The minimum Gasteiger partial charge on any atom is -0.431 e. The van der Waals surface area contributed by atoms with Crippen molar-refractivity contribution in [2.75, 3.05) is 4.90 Å². The van der Waals surface area contributed by atoms with Gasteiger partial charge in [0.05, 0.1) is 16.6 Å². The lowest BCUT2D eigenvalue weighted by Crippen LogP contribution is -2.33. The zero-order valence-electron chi connectivity index (χ0n) is 16.0. The van der Waals surface area contributed by atoms with Crippen molar-refractivity contribution in [1.82, 2.24) is 4.98 Å². The standard InChI is InChI=1S/C24H20N2O2S/c1-16(29-24-25-19-10-4-7-13-22(19)28-24)23(27)26-20-11-5-2-8-17(20)14-15-18-9-3-6-12-21(18)26/h2-13,16H,14-15H2,1H3. The van der Waals surface area contributed by atoms with E-state index in [-0.39, 0.29) is 11.2 Å². The topological polar surface area (TPSA) is 46.3 Å². The number of amides is 1. The van der Waals surface area contributed by atoms with Crippen LogP contribution in [0.25, 0.3) is 11.1 Å². The predicted molar refractivity (Wildman–Crippen MR) is 117 cm³/mol. The summed E-state index contributed by atoms with van der Waals surface area (Å²) in [5.41, 5.74) is 5.85. The molecule has 3 aromatic carbocycles. The highest BCUT2D eigenvalue weighted by Crippen LogP contribution is 2.38. The van der Waals surface area contributed by atoms with Gasteiger partial charge in [-0.05, 0) is 55.2 Å². The average molecular weight is 401 g/mol. The number of oxazole rings is 1. The number of hydrogen-bond acceptors (Lipinski definition) is 4. The molecule has 1 aliphatic heterocycles. The smallest absolute Gasteiger partial charge is 0.257 e. The number of para-hydroxylation sites is 4. The van der Waals surface area contributed by atoms with Crippen molar-refractivity contribution in [2.45, 2.75) is 30.2 Å². The number of fused-ring (bicyclic) bond motifs is 3. The Hall–Kier alpha value is -3.05. The van der Waals surface area contributed by atoms with E-state index in [2.05, 4.69) is 17.1 Å². The molecule has 0 bridgehead atoms. The van der Waals surface area contributed by atoms with Gasteiger partial charge < -0.3 is 4.42 Å². The summed E-state index contributed by atoms with van der Waals surface area (Å²) in [4.78, 5) is 20.0. The Balaban J connectivity index is 1.51. The number of hydrogen-bond donors (Lipinski definition) is 0. The molecule has 0 saturated heterocycles. The molecule has 1 atom stereocenters. The molecule has 144 valence electrons. The van der Waals surface area contributed by atoms with Crippen molar-refractivity contribution in [2.24, 2.45) is 0 Å². The summed E-state index contributed by atoms with van der Waals surface area (Å²) in [5.74, 6) is 0.0269. The first-order valence-electron chi connectivity index (χ1n) is 9.73. The number of thioether (sulfide) groups is 1. The fourth-order valence-corrected chi connectivity index (χ4v) is 4.60. The average Bonchev–Trinajstić information content (AvgIpc) is 3.08. The van der Waals surface area contributed by atoms with Crippen LogP contribution in [0, 0.1) is 0 Å². The van der Waals surface area contributed by atoms with Crippen LogP contribution in [0.1, 0.15) is 18.1 Å². The maximum atomic E-state index is 13.6. The molecular weight excluding hydrogens is 380 g/mol. The van der Waals surface area contributed by atoms with Crippen molar-refractivity contribution in [3.8, 4) is 0 Å². The van der Waals surface area contributed by atoms with Crippen molar-refractivity contribution >= 4 is 40.1 Å². The van der Waals surface area contributed by atoms with Gasteiger partial charge in [-0.3, -0.25) is 9.69 Å². The molecule has 4 aromatic rings. The summed E-state index contributed by atoms with van der Waals surface area (Å²) in [6.45, 7) is 1.91. The van der Waals surface area contributed by atoms with Crippen LogP contribution in [0.15, 0.2) is 82.4 Å². The van der Waals surface area contributed by atoms with Gasteiger partial charge in [0.1, 0.15) is 5.52 Å². The largest absolute Gasteiger partial charge is 0.431 e. The molecule has 29 heavy (non-hydrogen) atoms. The summed E-state index contributed by atoms with van der Waals surface area (Å²) in [6.07, 6.45) is 1.84. The van der Waals surface area contributed by atoms with E-state index in [0.717, 1.165) is 35.3 Å². The monoisotopic (exact) mass is 400 g/mol. The molecule has 1 unspecified atom stereocenters. The molecule has 1 aliphatic rings. The Labute approximate surface area is 173 Å². The van der Waals surface area contributed by atoms with E-state index < -0.39 is 0 Å². The van der Waals surface area contributed by atoms with Crippen LogP contribution >= 0.6 is 11.8 Å². The number of nitrogens with zero attached hydrogens (tertiary/aromatic N) is 2. The Kier molecular flexibility index (Phi) is 4.60. The number of aryl methyl sites for hydroxylation is 2. The quantitative estimate of drug-likeness (QED) is 0.410. The van der Waals surface area contributed by atoms with Crippen LogP contribution < -0.4 is 4.90 Å². The van der Waals surface area contributed by atoms with Gasteiger partial charge in [-0.2, -0.15) is 0 Å². The molecule has 1 amide bonds. The molecular formula is C24H20N2O2S. The second kappa shape index (κ2) is 7.41. The predicted octanol–water partition coefficient (Wildman–Crippen LogP) is 5.77. The Bertz CT molecular complexity index is 1120. The van der Waals surface area contributed by atoms with Gasteiger partial charge in [0.15, 0.2) is 5.58 Å². The lowest BCUT2D eigenvalue weighted by molar-refractivity contribution is -0.117. The molecule has 0 saturated carbocycles. The van der Waals surface area contributed by atoms with Crippen LogP contribution in [0.5, 0.6) is 0 Å². The number of carbonyl (C=O) groups is 1. The second-order valence-corrected chi connectivity index (χ2v) is 8.43. The lowest BCUT2D eigenvalue weighted by Gasteiger charge is -2.27. The summed E-state index contributed by atoms with van der Waals surface area (Å²) in [7, 11) is 0. The third-order valence-electron chi connectivity index (χ3n) is 5.25. The summed E-state index contributed by atoms with van der Waals surface area (Å²) in [5, 5.41) is 0.172. The highest BCUT2D eigenvalue weighted by atomic mass is 32.2. The molecule has 0 spiro atoms. The Morgan fingerprint density at radius 2 is 1.52 bits per heavy atom. The van der Waals surface area contributed by atoms with E-state index in [4.69, 9.17) is 4.42 Å². The molecule has 5 rings (SSSR count). The molecule has 0 radical (unpaired) electrons. The molecule has 0 N–H and O–H groups in total. The van der Waals surface area contributed by atoms with Crippen LogP contribution in [0.3, 0.4) is 0 Å². The molecule has 5 heteroatoms. The first-order valence-corrected chi connectivity index (χ1v) is 10.6. The third kappa shape index (κ3) is 3.32. The summed E-state index contributed by atoms with van der Waals surface area (Å²) in [6, 6.07) is 24.0. The minimum absolute atomic E-state index is 0.0269. The molecule has 0 fully saturated rings. The van der Waals surface area contributed by atoms with Crippen LogP contribution in [-0.4, -0.2) is 16.1 Å². The van der Waals surface area contributed by atoms with Gasteiger partial charge in [-0.25, -0.2) is 4.98 Å². The second-order valence-electron chi connectivity index (χ2n) is 7.14. The SMILES string of the molecule is CC(Sc1nc2ccccc2o1)C(=O)N1c2ccccc2CCc2ccccc21. The van der Waals surface area contributed by atoms with E-state index in [1.807, 2.05) is 72.5 Å². The van der Waals surface area contributed by atoms with E-state index in [0.29, 0.717) is 5.22 Å². The Morgan fingerprint density at radius 1 is 0.931 bits per heavy atom. The van der Waals surface area contributed by atoms with Crippen LogP contribution in [-0.2, 0) is 17.6 Å². The number of rotatable bonds is 3. The highest BCUT2D eigenvalue weighted by molar-refractivity contribution is 8.00. The molecule has 2 heterocycles.